The van der Waals surface area contributed by atoms with E-state index in [0.29, 0.717) is 6.61 Å². The van der Waals surface area contributed by atoms with Crippen molar-refractivity contribution in [2.24, 2.45) is 5.41 Å². The minimum absolute atomic E-state index is 0.0169. The Bertz CT molecular complexity index is 521. The second-order valence-electron chi connectivity index (χ2n) is 5.75. The number of halogens is 1. The van der Waals surface area contributed by atoms with Gasteiger partial charge in [0.2, 0.25) is 9.05 Å². The van der Waals surface area contributed by atoms with Crippen molar-refractivity contribution in [3.05, 3.63) is 35.9 Å². The maximum Gasteiger partial charge on any atom is 0.233 e. The highest BCUT2D eigenvalue weighted by atomic mass is 35.7. The van der Waals surface area contributed by atoms with Gasteiger partial charge < -0.3 is 4.74 Å². The van der Waals surface area contributed by atoms with E-state index in [0.717, 1.165) is 31.2 Å². The second-order valence-corrected chi connectivity index (χ2v) is 8.53. The molecule has 5 heteroatoms. The Balaban J connectivity index is 1.99. The highest BCUT2D eigenvalue weighted by molar-refractivity contribution is 8.13. The Kier molecular flexibility index (Phi) is 5.10. The van der Waals surface area contributed by atoms with E-state index in [9.17, 15) is 8.42 Å². The Morgan fingerprint density at radius 1 is 1.25 bits per heavy atom. The van der Waals surface area contributed by atoms with Crippen LogP contribution in [0.2, 0.25) is 0 Å². The summed E-state index contributed by atoms with van der Waals surface area (Å²) in [5.74, 6) is 0.0169. The zero-order chi connectivity index (χ0) is 14.6. The largest absolute Gasteiger partial charge is 0.373 e. The average Bonchev–Trinajstić information content (AvgIpc) is 2.84. The molecule has 1 unspecified atom stereocenters. The van der Waals surface area contributed by atoms with Gasteiger partial charge in [0.1, 0.15) is 0 Å². The maximum absolute atomic E-state index is 11.4. The van der Waals surface area contributed by atoms with Crippen molar-refractivity contribution in [1.82, 2.24) is 0 Å². The summed E-state index contributed by atoms with van der Waals surface area (Å²) in [6.07, 6.45) is 3.82. The van der Waals surface area contributed by atoms with Crippen molar-refractivity contribution in [2.45, 2.75) is 38.7 Å². The Morgan fingerprint density at radius 3 is 2.40 bits per heavy atom. The van der Waals surface area contributed by atoms with E-state index in [2.05, 4.69) is 0 Å². The van der Waals surface area contributed by atoms with E-state index in [-0.39, 0.29) is 17.3 Å². The van der Waals surface area contributed by atoms with Gasteiger partial charge in [0.15, 0.2) is 0 Å². The van der Waals surface area contributed by atoms with Crippen molar-refractivity contribution in [1.29, 1.82) is 0 Å². The molecule has 2 rings (SSSR count). The molecule has 1 aliphatic rings. The van der Waals surface area contributed by atoms with E-state index >= 15 is 0 Å². The lowest BCUT2D eigenvalue weighted by atomic mass is 9.89. The van der Waals surface area contributed by atoms with Gasteiger partial charge in [-0.2, -0.15) is 0 Å². The van der Waals surface area contributed by atoms with E-state index in [1.165, 1.54) is 0 Å². The average molecular weight is 317 g/mol. The van der Waals surface area contributed by atoms with E-state index < -0.39 is 9.05 Å². The van der Waals surface area contributed by atoms with Crippen LogP contribution in [0.4, 0.5) is 0 Å². The third-order valence-corrected chi connectivity index (χ3v) is 5.34. The Labute approximate surface area is 125 Å². The monoisotopic (exact) mass is 316 g/mol. The minimum atomic E-state index is -3.49. The molecule has 1 saturated carbocycles. The van der Waals surface area contributed by atoms with Crippen LogP contribution in [0.1, 0.15) is 44.3 Å². The molecular weight excluding hydrogens is 296 g/mol. The van der Waals surface area contributed by atoms with Crippen molar-refractivity contribution < 1.29 is 13.2 Å². The third kappa shape index (κ3) is 4.47. The van der Waals surface area contributed by atoms with Crippen LogP contribution in [0.25, 0.3) is 0 Å². The number of hydrogen-bond donors (Lipinski definition) is 0. The van der Waals surface area contributed by atoms with Gasteiger partial charge >= 0.3 is 0 Å². The summed E-state index contributed by atoms with van der Waals surface area (Å²) in [6.45, 7) is 2.45. The highest BCUT2D eigenvalue weighted by Gasteiger charge is 2.38. The summed E-state index contributed by atoms with van der Waals surface area (Å²) in [4.78, 5) is 0. The third-order valence-electron chi connectivity index (χ3n) is 4.05. The molecule has 0 bridgehead atoms. The molecule has 1 fully saturated rings. The van der Waals surface area contributed by atoms with Gasteiger partial charge in [0.05, 0.1) is 18.5 Å². The van der Waals surface area contributed by atoms with Crippen LogP contribution in [0.15, 0.2) is 30.3 Å². The van der Waals surface area contributed by atoms with Crippen molar-refractivity contribution in [3.8, 4) is 0 Å². The molecule has 0 aliphatic heterocycles. The molecule has 1 aromatic rings. The molecule has 0 radical (unpaired) electrons. The van der Waals surface area contributed by atoms with Crippen LogP contribution in [-0.2, 0) is 13.8 Å². The molecule has 1 atom stereocenters. The van der Waals surface area contributed by atoms with Gasteiger partial charge in [0.25, 0.3) is 0 Å². The molecule has 20 heavy (non-hydrogen) atoms. The summed E-state index contributed by atoms with van der Waals surface area (Å²) in [6, 6.07) is 9.96. The first-order valence-electron chi connectivity index (χ1n) is 6.99. The summed E-state index contributed by atoms with van der Waals surface area (Å²) in [7, 11) is 1.97. The van der Waals surface area contributed by atoms with Crippen LogP contribution in [0, 0.1) is 5.41 Å². The van der Waals surface area contributed by atoms with Crippen LogP contribution in [0.3, 0.4) is 0 Å². The lowest BCUT2D eigenvalue weighted by Gasteiger charge is -2.29. The fourth-order valence-corrected chi connectivity index (χ4v) is 4.74. The molecule has 0 saturated heterocycles. The first-order valence-corrected chi connectivity index (χ1v) is 9.47. The van der Waals surface area contributed by atoms with E-state index in [1.54, 1.807) is 0 Å². The quantitative estimate of drug-likeness (QED) is 0.748. The van der Waals surface area contributed by atoms with E-state index in [1.807, 2.05) is 37.3 Å². The standard InChI is InChI=1S/C15H21ClO3S/c1-13(14-7-3-2-4-8-14)19-11-15(9-5-6-10-15)12-20(16,17)18/h2-4,7-8,13H,5-6,9-12H2,1H3. The van der Waals surface area contributed by atoms with E-state index in [4.69, 9.17) is 15.4 Å². The SMILES string of the molecule is CC(OCC1(CS(=O)(=O)Cl)CCCC1)c1ccccc1. The predicted octanol–water partition coefficient (Wildman–Crippen LogP) is 3.89. The zero-order valence-corrected chi connectivity index (χ0v) is 13.3. The van der Waals surface area contributed by atoms with Gasteiger partial charge in [-0.3, -0.25) is 0 Å². The zero-order valence-electron chi connectivity index (χ0n) is 11.7. The molecule has 0 spiro atoms. The van der Waals surface area contributed by atoms with Crippen molar-refractivity contribution in [3.63, 3.8) is 0 Å². The topological polar surface area (TPSA) is 43.4 Å². The molecule has 112 valence electrons. The first kappa shape index (κ1) is 15.8. The van der Waals surface area contributed by atoms with Crippen LogP contribution >= 0.6 is 10.7 Å². The number of hydrogen-bond acceptors (Lipinski definition) is 3. The molecule has 0 N–H and O–H groups in total. The lowest BCUT2D eigenvalue weighted by Crippen LogP contribution is -2.31. The summed E-state index contributed by atoms with van der Waals surface area (Å²) in [5.41, 5.74) is 0.804. The van der Waals surface area contributed by atoms with Gasteiger partial charge in [-0.1, -0.05) is 43.2 Å². The lowest BCUT2D eigenvalue weighted by molar-refractivity contribution is 0.00812. The van der Waals surface area contributed by atoms with Crippen LogP contribution in [0.5, 0.6) is 0 Å². The Morgan fingerprint density at radius 2 is 1.85 bits per heavy atom. The minimum Gasteiger partial charge on any atom is -0.373 e. The fraction of sp³-hybridized carbons (Fsp3) is 0.600. The smallest absolute Gasteiger partial charge is 0.233 e. The maximum atomic E-state index is 11.4. The van der Waals surface area contributed by atoms with Gasteiger partial charge in [-0.15, -0.1) is 0 Å². The predicted molar refractivity (Wildman–Crippen MR) is 81.3 cm³/mol. The second kappa shape index (κ2) is 6.46. The highest BCUT2D eigenvalue weighted by Crippen LogP contribution is 2.41. The van der Waals surface area contributed by atoms with Gasteiger partial charge in [-0.25, -0.2) is 8.42 Å². The van der Waals surface area contributed by atoms with Gasteiger partial charge in [0, 0.05) is 16.1 Å². The summed E-state index contributed by atoms with van der Waals surface area (Å²) < 4.78 is 28.8. The Hall–Kier alpha value is -0.580. The fourth-order valence-electron chi connectivity index (χ4n) is 2.94. The molecule has 1 aliphatic carbocycles. The number of rotatable bonds is 6. The number of ether oxygens (including phenoxy) is 1. The summed E-state index contributed by atoms with van der Waals surface area (Å²) >= 11 is 0. The molecule has 0 aromatic heterocycles. The normalized spacial score (nSPS) is 19.9. The van der Waals surface area contributed by atoms with Crippen molar-refractivity contribution >= 4 is 19.7 Å². The van der Waals surface area contributed by atoms with Crippen LogP contribution in [-0.4, -0.2) is 20.8 Å². The molecule has 1 aromatic carbocycles. The molecule has 0 amide bonds. The first-order chi connectivity index (χ1) is 9.40. The van der Waals surface area contributed by atoms with Crippen LogP contribution < -0.4 is 0 Å². The number of benzene rings is 1. The molecule has 0 heterocycles. The van der Waals surface area contributed by atoms with Gasteiger partial charge in [-0.05, 0) is 25.3 Å². The van der Waals surface area contributed by atoms with Crippen molar-refractivity contribution in [2.75, 3.05) is 12.4 Å². The molecule has 3 nitrogen and oxygen atoms in total. The summed E-state index contributed by atoms with van der Waals surface area (Å²) in [5, 5.41) is 0. The molecular formula is C15H21ClO3S.